The van der Waals surface area contributed by atoms with Crippen LogP contribution in [0.5, 0.6) is 0 Å². The van der Waals surface area contributed by atoms with E-state index >= 15 is 0 Å². The molecule has 6 nitrogen and oxygen atoms in total. The SMILES string of the molecule is CCN(CC)S(=O)(=O)c1ccc([C@H](C)[NH2+]CC(=O)N[C@@H]2CCCC[C@@H]2C)cc1. The van der Waals surface area contributed by atoms with Crippen LogP contribution in [0.2, 0.25) is 0 Å². The van der Waals surface area contributed by atoms with Crippen molar-refractivity contribution in [3.05, 3.63) is 29.8 Å². The van der Waals surface area contributed by atoms with E-state index in [1.165, 1.54) is 23.6 Å². The Morgan fingerprint density at radius 1 is 1.18 bits per heavy atom. The Kier molecular flexibility index (Phi) is 8.46. The molecule has 2 rings (SSSR count). The van der Waals surface area contributed by atoms with Gasteiger partial charge >= 0.3 is 0 Å². The lowest BCUT2D eigenvalue weighted by molar-refractivity contribution is -0.682. The molecule has 0 saturated heterocycles. The molecule has 28 heavy (non-hydrogen) atoms. The number of benzene rings is 1. The predicted molar refractivity (Wildman–Crippen MR) is 111 cm³/mol. The van der Waals surface area contributed by atoms with Crippen molar-refractivity contribution in [1.29, 1.82) is 0 Å². The maximum atomic E-state index is 12.6. The Bertz CT molecular complexity index is 730. The van der Waals surface area contributed by atoms with Crippen LogP contribution < -0.4 is 10.6 Å². The molecule has 1 aromatic carbocycles. The second-order valence-electron chi connectivity index (χ2n) is 7.82. The molecule has 3 N–H and O–H groups in total. The maximum absolute atomic E-state index is 12.6. The average Bonchev–Trinajstić information content (AvgIpc) is 2.68. The fourth-order valence-electron chi connectivity index (χ4n) is 3.87. The summed E-state index contributed by atoms with van der Waals surface area (Å²) in [5.41, 5.74) is 1.01. The molecule has 0 unspecified atom stereocenters. The lowest BCUT2D eigenvalue weighted by atomic mass is 9.86. The van der Waals surface area contributed by atoms with Crippen LogP contribution in [0.3, 0.4) is 0 Å². The van der Waals surface area contributed by atoms with Gasteiger partial charge in [0, 0.05) is 24.7 Å². The van der Waals surface area contributed by atoms with Gasteiger partial charge in [-0.2, -0.15) is 4.31 Å². The van der Waals surface area contributed by atoms with E-state index in [1.54, 1.807) is 12.1 Å². The third-order valence-corrected chi connectivity index (χ3v) is 7.93. The third-order valence-electron chi connectivity index (χ3n) is 5.86. The third kappa shape index (κ3) is 5.78. The summed E-state index contributed by atoms with van der Waals surface area (Å²) in [6.07, 6.45) is 4.72. The summed E-state index contributed by atoms with van der Waals surface area (Å²) >= 11 is 0. The minimum atomic E-state index is -3.43. The minimum absolute atomic E-state index is 0.0753. The summed E-state index contributed by atoms with van der Waals surface area (Å²) in [5.74, 6) is 0.627. The van der Waals surface area contributed by atoms with Gasteiger partial charge in [-0.05, 0) is 37.8 Å². The standard InChI is InChI=1S/C21H35N3O3S/c1-5-24(6-2)28(26,27)19-13-11-18(12-14-19)17(4)22-15-21(25)23-20-10-8-7-9-16(20)3/h11-14,16-17,20,22H,5-10,15H2,1-4H3,(H,23,25)/p+1/t16-,17-,20+/m0/s1. The van der Waals surface area contributed by atoms with Crippen molar-refractivity contribution >= 4 is 15.9 Å². The lowest BCUT2D eigenvalue weighted by Gasteiger charge is -2.29. The summed E-state index contributed by atoms with van der Waals surface area (Å²) in [4.78, 5) is 12.6. The van der Waals surface area contributed by atoms with Crippen LogP contribution in [0.4, 0.5) is 0 Å². The van der Waals surface area contributed by atoms with Crippen LogP contribution >= 0.6 is 0 Å². The highest BCUT2D eigenvalue weighted by molar-refractivity contribution is 7.89. The van der Waals surface area contributed by atoms with Crippen LogP contribution in [-0.2, 0) is 14.8 Å². The number of rotatable bonds is 9. The fourth-order valence-corrected chi connectivity index (χ4v) is 5.33. The molecule has 158 valence electrons. The van der Waals surface area contributed by atoms with E-state index in [2.05, 4.69) is 12.2 Å². The van der Waals surface area contributed by atoms with Crippen molar-refractivity contribution in [2.24, 2.45) is 5.92 Å². The summed E-state index contributed by atoms with van der Waals surface area (Å²) in [5, 5.41) is 5.17. The number of carbonyl (C=O) groups is 1. The van der Waals surface area contributed by atoms with E-state index in [0.29, 0.717) is 36.5 Å². The molecule has 0 spiro atoms. The number of amides is 1. The first-order chi connectivity index (χ1) is 13.3. The monoisotopic (exact) mass is 410 g/mol. The molecule has 3 atom stereocenters. The highest BCUT2D eigenvalue weighted by atomic mass is 32.2. The molecule has 1 fully saturated rings. The second-order valence-corrected chi connectivity index (χ2v) is 9.76. The lowest BCUT2D eigenvalue weighted by Crippen LogP contribution is -2.87. The van der Waals surface area contributed by atoms with Gasteiger partial charge in [-0.25, -0.2) is 8.42 Å². The quantitative estimate of drug-likeness (QED) is 0.653. The molecule has 0 bridgehead atoms. The molecule has 1 aromatic rings. The molecule has 0 aromatic heterocycles. The van der Waals surface area contributed by atoms with Gasteiger partial charge in [0.05, 0.1) is 4.90 Å². The van der Waals surface area contributed by atoms with Crippen molar-refractivity contribution < 1.29 is 18.5 Å². The van der Waals surface area contributed by atoms with Crippen molar-refractivity contribution in [3.63, 3.8) is 0 Å². The molecule has 7 heteroatoms. The van der Waals surface area contributed by atoms with E-state index in [9.17, 15) is 13.2 Å². The summed E-state index contributed by atoms with van der Waals surface area (Å²) < 4.78 is 26.6. The van der Waals surface area contributed by atoms with Gasteiger partial charge in [0.25, 0.3) is 5.91 Å². The van der Waals surface area contributed by atoms with Crippen LogP contribution in [-0.4, -0.2) is 44.3 Å². The van der Waals surface area contributed by atoms with Gasteiger partial charge in [0.2, 0.25) is 10.0 Å². The topological polar surface area (TPSA) is 83.1 Å². The second kappa shape index (κ2) is 10.4. The van der Waals surface area contributed by atoms with E-state index in [1.807, 2.05) is 38.2 Å². The van der Waals surface area contributed by atoms with Crippen LogP contribution in [0.1, 0.15) is 65.0 Å². The van der Waals surface area contributed by atoms with Gasteiger partial charge in [-0.1, -0.05) is 45.7 Å². The number of nitrogens with zero attached hydrogens (tertiary/aromatic N) is 1. The van der Waals surface area contributed by atoms with Gasteiger partial charge in [0.15, 0.2) is 6.54 Å². The van der Waals surface area contributed by atoms with E-state index in [0.717, 1.165) is 12.0 Å². The zero-order valence-corrected chi connectivity index (χ0v) is 18.5. The van der Waals surface area contributed by atoms with E-state index < -0.39 is 10.0 Å². The molecule has 1 aliphatic rings. The summed E-state index contributed by atoms with van der Waals surface area (Å²) in [7, 11) is -3.43. The number of hydrogen-bond donors (Lipinski definition) is 2. The zero-order chi connectivity index (χ0) is 20.7. The van der Waals surface area contributed by atoms with Crippen molar-refractivity contribution in [2.45, 2.75) is 70.4 Å². The number of hydrogen-bond acceptors (Lipinski definition) is 3. The molecule has 0 heterocycles. The predicted octanol–water partition coefficient (Wildman–Crippen LogP) is 2.04. The Hall–Kier alpha value is -1.44. The first kappa shape index (κ1) is 22.8. The van der Waals surface area contributed by atoms with Gasteiger partial charge < -0.3 is 10.6 Å². The van der Waals surface area contributed by atoms with Crippen LogP contribution in [0.25, 0.3) is 0 Å². The molecule has 0 aliphatic heterocycles. The fraction of sp³-hybridized carbons (Fsp3) is 0.667. The van der Waals surface area contributed by atoms with Crippen LogP contribution in [0.15, 0.2) is 29.2 Å². The normalized spacial score (nSPS) is 21.5. The van der Waals surface area contributed by atoms with Gasteiger partial charge in [0.1, 0.15) is 6.04 Å². The Balaban J connectivity index is 1.90. The largest absolute Gasteiger partial charge is 0.348 e. The number of quaternary nitrogens is 1. The molecule has 1 saturated carbocycles. The number of carbonyl (C=O) groups excluding carboxylic acids is 1. The van der Waals surface area contributed by atoms with E-state index in [-0.39, 0.29) is 11.9 Å². The Morgan fingerprint density at radius 3 is 2.36 bits per heavy atom. The molecule has 1 amide bonds. The maximum Gasteiger partial charge on any atom is 0.275 e. The molecular formula is C21H36N3O3S+. The summed E-state index contributed by atoms with van der Waals surface area (Å²) in [6, 6.07) is 7.40. The van der Waals surface area contributed by atoms with Crippen molar-refractivity contribution in [3.8, 4) is 0 Å². The molecular weight excluding hydrogens is 374 g/mol. The van der Waals surface area contributed by atoms with Gasteiger partial charge in [-0.3, -0.25) is 4.79 Å². The van der Waals surface area contributed by atoms with Crippen LogP contribution in [0, 0.1) is 5.92 Å². The van der Waals surface area contributed by atoms with Gasteiger partial charge in [-0.15, -0.1) is 0 Å². The van der Waals surface area contributed by atoms with Crippen molar-refractivity contribution in [1.82, 2.24) is 9.62 Å². The summed E-state index contributed by atoms with van der Waals surface area (Å²) in [6.45, 7) is 9.22. The smallest absolute Gasteiger partial charge is 0.275 e. The molecule has 0 radical (unpaired) electrons. The van der Waals surface area contributed by atoms with Crippen molar-refractivity contribution in [2.75, 3.05) is 19.6 Å². The highest BCUT2D eigenvalue weighted by Gasteiger charge is 2.24. The number of sulfonamides is 1. The first-order valence-electron chi connectivity index (χ1n) is 10.5. The average molecular weight is 411 g/mol. The number of nitrogens with two attached hydrogens (primary N) is 1. The Labute approximate surface area is 170 Å². The highest BCUT2D eigenvalue weighted by Crippen LogP contribution is 2.23. The molecule has 1 aliphatic carbocycles. The first-order valence-corrected chi connectivity index (χ1v) is 12.0. The van der Waals surface area contributed by atoms with E-state index in [4.69, 9.17) is 0 Å². The zero-order valence-electron chi connectivity index (χ0n) is 17.6. The Morgan fingerprint density at radius 2 is 1.79 bits per heavy atom. The minimum Gasteiger partial charge on any atom is -0.348 e. The number of nitrogens with one attached hydrogen (secondary N) is 1.